The van der Waals surface area contributed by atoms with Crippen LogP contribution in [0.25, 0.3) is 0 Å². The van der Waals surface area contributed by atoms with E-state index in [4.69, 9.17) is 0 Å². The van der Waals surface area contributed by atoms with Crippen LogP contribution in [0.3, 0.4) is 0 Å². The van der Waals surface area contributed by atoms with Gasteiger partial charge in [0, 0.05) is 0 Å². The Kier molecular flexibility index (Phi) is 15.7. The van der Waals surface area contributed by atoms with E-state index in [0.717, 1.165) is 29.5 Å². The summed E-state index contributed by atoms with van der Waals surface area (Å²) < 4.78 is -1.05. The van der Waals surface area contributed by atoms with E-state index in [1.165, 1.54) is 89.9 Å². The van der Waals surface area contributed by atoms with Gasteiger partial charge in [-0.25, -0.2) is 0 Å². The minimum Gasteiger partial charge on any atom is -0.507 e. The van der Waals surface area contributed by atoms with E-state index < -0.39 is 10.7 Å². The average molecular weight is 479 g/mol. The number of aromatic hydroxyl groups is 1. The average Bonchev–Trinajstić information content (AvgIpc) is 2.77. The molecule has 0 aromatic heterocycles. The summed E-state index contributed by atoms with van der Waals surface area (Å²) in [5, 5.41) is 19.7. The molecule has 0 bridgehead atoms. The van der Waals surface area contributed by atoms with Crippen molar-refractivity contribution < 1.29 is 15.0 Å². The van der Waals surface area contributed by atoms with Gasteiger partial charge in [0.15, 0.2) is 0 Å². The number of carbonyl (C=O) groups is 1. The molecule has 0 aliphatic carbocycles. The van der Waals surface area contributed by atoms with E-state index in [1.54, 1.807) is 0 Å². The van der Waals surface area contributed by atoms with E-state index in [9.17, 15) is 15.0 Å². The number of hydrogen-bond acceptors (Lipinski definition) is 3. The van der Waals surface area contributed by atoms with Crippen molar-refractivity contribution >= 4 is 18.6 Å². The summed E-state index contributed by atoms with van der Waals surface area (Å²) in [7, 11) is 0. The number of unbranched alkanes of at least 4 members (excludes halogenated alkanes) is 15. The van der Waals surface area contributed by atoms with Gasteiger partial charge in [0.1, 0.15) is 10.5 Å². The maximum atomic E-state index is 11.9. The highest BCUT2D eigenvalue weighted by molar-refractivity contribution is 7.82. The van der Waals surface area contributed by atoms with Gasteiger partial charge in [-0.15, -0.1) is 0 Å². The van der Waals surface area contributed by atoms with Gasteiger partial charge < -0.3 is 10.2 Å². The fourth-order valence-corrected chi connectivity index (χ4v) is 5.06. The fourth-order valence-electron chi connectivity index (χ4n) is 4.72. The Labute approximate surface area is 209 Å². The molecule has 33 heavy (non-hydrogen) atoms. The molecular weight excluding hydrogens is 428 g/mol. The van der Waals surface area contributed by atoms with Crippen LogP contribution < -0.4 is 0 Å². The van der Waals surface area contributed by atoms with Crippen LogP contribution >= 0.6 is 12.6 Å². The Morgan fingerprint density at radius 3 is 1.48 bits per heavy atom. The molecule has 0 spiro atoms. The number of phenols is 1. The van der Waals surface area contributed by atoms with Gasteiger partial charge >= 0.3 is 5.97 Å². The number of carboxylic acid groups (broad SMARTS) is 1. The SMILES string of the molecule is CCCCCCCCCCCCCCCCCCC(S)(Cc1cc(C)c(O)c(C)c1)C(=O)O. The Hall–Kier alpha value is -1.16. The Bertz CT molecular complexity index is 650. The second-order valence-electron chi connectivity index (χ2n) is 10.1. The highest BCUT2D eigenvalue weighted by Crippen LogP contribution is 2.31. The molecule has 1 aromatic rings. The molecule has 4 heteroatoms. The van der Waals surface area contributed by atoms with Crippen LogP contribution in [0.4, 0.5) is 0 Å². The van der Waals surface area contributed by atoms with Crippen molar-refractivity contribution in [2.45, 2.75) is 141 Å². The fraction of sp³-hybridized carbons (Fsp3) is 0.759. The van der Waals surface area contributed by atoms with E-state index >= 15 is 0 Å². The molecule has 0 saturated carbocycles. The Balaban J connectivity index is 2.11. The zero-order valence-electron chi connectivity index (χ0n) is 21.6. The normalized spacial score (nSPS) is 13.2. The lowest BCUT2D eigenvalue weighted by Gasteiger charge is -2.24. The predicted octanol–water partition coefficient (Wildman–Crippen LogP) is 8.96. The van der Waals surface area contributed by atoms with Crippen LogP contribution in [0.2, 0.25) is 0 Å². The predicted molar refractivity (Wildman–Crippen MR) is 145 cm³/mol. The second kappa shape index (κ2) is 17.3. The van der Waals surface area contributed by atoms with Gasteiger partial charge in [-0.3, -0.25) is 4.79 Å². The Morgan fingerprint density at radius 2 is 1.12 bits per heavy atom. The summed E-state index contributed by atoms with van der Waals surface area (Å²) >= 11 is 4.58. The number of aryl methyl sites for hydroxylation is 2. The molecule has 1 unspecified atom stereocenters. The largest absolute Gasteiger partial charge is 0.507 e. The standard InChI is InChI=1S/C29H50O3S/c1-4-5-6-7-8-9-10-11-12-13-14-15-16-17-18-19-20-29(33,28(31)32)23-26-21-24(2)27(30)25(3)22-26/h21-22,30,33H,4-20,23H2,1-3H3,(H,31,32). The third-order valence-corrected chi connectivity index (χ3v) is 7.46. The third-order valence-electron chi connectivity index (χ3n) is 6.89. The van der Waals surface area contributed by atoms with Crippen LogP contribution in [0.5, 0.6) is 5.75 Å². The quantitative estimate of drug-likeness (QED) is 0.129. The lowest BCUT2D eigenvalue weighted by molar-refractivity contribution is -0.140. The summed E-state index contributed by atoms with van der Waals surface area (Å²) in [4.78, 5) is 11.9. The van der Waals surface area contributed by atoms with Gasteiger partial charge in [-0.1, -0.05) is 122 Å². The monoisotopic (exact) mass is 478 g/mol. The van der Waals surface area contributed by atoms with Gasteiger partial charge in [0.05, 0.1) is 0 Å². The second-order valence-corrected chi connectivity index (χ2v) is 11.0. The minimum atomic E-state index is -1.05. The van der Waals surface area contributed by atoms with Gasteiger partial charge in [-0.05, 0) is 43.4 Å². The first kappa shape index (κ1) is 29.9. The first-order chi connectivity index (χ1) is 15.8. The van der Waals surface area contributed by atoms with Crippen molar-refractivity contribution in [3.63, 3.8) is 0 Å². The summed E-state index contributed by atoms with van der Waals surface area (Å²) in [6.07, 6.45) is 21.9. The summed E-state index contributed by atoms with van der Waals surface area (Å²) in [6, 6.07) is 3.76. The topological polar surface area (TPSA) is 57.5 Å². The molecule has 1 atom stereocenters. The molecule has 0 radical (unpaired) electrons. The molecule has 190 valence electrons. The van der Waals surface area contributed by atoms with E-state index in [0.29, 0.717) is 12.8 Å². The van der Waals surface area contributed by atoms with Crippen LogP contribution in [0.1, 0.15) is 133 Å². The first-order valence-electron chi connectivity index (χ1n) is 13.5. The molecule has 0 aliphatic heterocycles. The third kappa shape index (κ3) is 12.8. The number of rotatable bonds is 20. The van der Waals surface area contributed by atoms with E-state index in [1.807, 2.05) is 26.0 Å². The molecule has 0 amide bonds. The van der Waals surface area contributed by atoms with Crippen LogP contribution in [0.15, 0.2) is 12.1 Å². The molecule has 2 N–H and O–H groups in total. The molecule has 0 aliphatic rings. The van der Waals surface area contributed by atoms with Crippen LogP contribution in [-0.2, 0) is 11.2 Å². The molecule has 0 fully saturated rings. The van der Waals surface area contributed by atoms with Crippen molar-refractivity contribution in [2.24, 2.45) is 0 Å². The lowest BCUT2D eigenvalue weighted by Crippen LogP contribution is -2.35. The number of phenolic OH excluding ortho intramolecular Hbond substituents is 1. The molecule has 0 heterocycles. The van der Waals surface area contributed by atoms with Crippen molar-refractivity contribution in [2.75, 3.05) is 0 Å². The molecule has 1 aromatic carbocycles. The molecular formula is C29H50O3S. The maximum absolute atomic E-state index is 11.9. The van der Waals surface area contributed by atoms with Crippen molar-refractivity contribution in [1.82, 2.24) is 0 Å². The number of aliphatic carboxylic acids is 1. The van der Waals surface area contributed by atoms with Crippen molar-refractivity contribution in [3.8, 4) is 5.75 Å². The van der Waals surface area contributed by atoms with Crippen LogP contribution in [-0.4, -0.2) is 20.9 Å². The number of hydrogen-bond donors (Lipinski definition) is 3. The zero-order chi connectivity index (χ0) is 24.5. The van der Waals surface area contributed by atoms with Gasteiger partial charge in [0.25, 0.3) is 0 Å². The highest BCUT2D eigenvalue weighted by atomic mass is 32.1. The molecule has 0 saturated heterocycles. The number of benzene rings is 1. The molecule has 3 nitrogen and oxygen atoms in total. The van der Waals surface area contributed by atoms with E-state index in [2.05, 4.69) is 19.6 Å². The van der Waals surface area contributed by atoms with Crippen molar-refractivity contribution in [1.29, 1.82) is 0 Å². The van der Waals surface area contributed by atoms with E-state index in [-0.39, 0.29) is 5.75 Å². The van der Waals surface area contributed by atoms with Crippen molar-refractivity contribution in [3.05, 3.63) is 28.8 Å². The number of carboxylic acids is 1. The summed E-state index contributed by atoms with van der Waals surface area (Å²) in [5.74, 6) is -0.563. The van der Waals surface area contributed by atoms with Gasteiger partial charge in [0.2, 0.25) is 0 Å². The maximum Gasteiger partial charge on any atom is 0.319 e. The zero-order valence-corrected chi connectivity index (χ0v) is 22.5. The smallest absolute Gasteiger partial charge is 0.319 e. The first-order valence-corrected chi connectivity index (χ1v) is 14.0. The lowest BCUT2D eigenvalue weighted by atomic mass is 9.90. The highest BCUT2D eigenvalue weighted by Gasteiger charge is 2.34. The van der Waals surface area contributed by atoms with Gasteiger partial charge in [-0.2, -0.15) is 12.6 Å². The van der Waals surface area contributed by atoms with Crippen LogP contribution in [0, 0.1) is 13.8 Å². The minimum absolute atomic E-state index is 0.289. The number of thiol groups is 1. The summed E-state index contributed by atoms with van der Waals surface area (Å²) in [6.45, 7) is 5.97. The Morgan fingerprint density at radius 1 is 0.758 bits per heavy atom. The summed E-state index contributed by atoms with van der Waals surface area (Å²) in [5.41, 5.74) is 2.50. The molecule has 1 rings (SSSR count).